The lowest BCUT2D eigenvalue weighted by Gasteiger charge is -2.28. The molecular formula is C28H37BrN4O4S. The fourth-order valence-electron chi connectivity index (χ4n) is 3.90. The van der Waals surface area contributed by atoms with Crippen molar-refractivity contribution in [2.45, 2.75) is 52.7 Å². The van der Waals surface area contributed by atoms with Crippen molar-refractivity contribution in [2.24, 2.45) is 5.41 Å². The third-order valence-corrected chi connectivity index (χ3v) is 8.92. The summed E-state index contributed by atoms with van der Waals surface area (Å²) in [5.41, 5.74) is 2.37. The minimum absolute atomic E-state index is 0.0694. The lowest BCUT2D eigenvalue weighted by Crippen LogP contribution is -2.37. The maximum Gasteiger partial charge on any atom is 0.410 e. The highest BCUT2D eigenvalue weighted by Crippen LogP contribution is 2.30. The maximum absolute atomic E-state index is 13.4. The highest BCUT2D eigenvalue weighted by atomic mass is 79.9. The molecule has 0 N–H and O–H groups in total. The predicted molar refractivity (Wildman–Crippen MR) is 153 cm³/mol. The molecule has 1 amide bonds. The van der Waals surface area contributed by atoms with E-state index in [1.807, 2.05) is 54.6 Å². The minimum Gasteiger partial charge on any atom is -0.445 e. The van der Waals surface area contributed by atoms with Gasteiger partial charge in [0, 0.05) is 38.2 Å². The molecule has 0 bridgehead atoms. The van der Waals surface area contributed by atoms with Gasteiger partial charge < -0.3 is 9.64 Å². The third-order valence-electron chi connectivity index (χ3n) is 6.68. The minimum atomic E-state index is -3.91. The standard InChI is InChI=1S/C28H37BrN4O4S/c1-7-28(2,3)18-24-19-33(38(35,36)31(4)5)26(30-24)25(17-21-13-15-23(29)16-14-21)32(6)27(34)37-20-22-11-9-8-10-12-22/h8-16,19,25H,7,17-18,20H2,1-6H3. The number of hydrogen-bond donors (Lipinski definition) is 0. The number of nitrogens with zero attached hydrogens (tertiary/aromatic N) is 4. The monoisotopic (exact) mass is 604 g/mol. The fraction of sp³-hybridized carbons (Fsp3) is 0.429. The van der Waals surface area contributed by atoms with Crippen molar-refractivity contribution < 1.29 is 17.9 Å². The number of amides is 1. The Morgan fingerprint density at radius 1 is 1.05 bits per heavy atom. The second-order valence-electron chi connectivity index (χ2n) is 10.4. The van der Waals surface area contributed by atoms with Crippen LogP contribution < -0.4 is 0 Å². The Kier molecular flexibility index (Phi) is 9.78. The van der Waals surface area contributed by atoms with E-state index in [0.29, 0.717) is 18.5 Å². The molecule has 10 heteroatoms. The molecule has 2 aromatic carbocycles. The van der Waals surface area contributed by atoms with E-state index in [0.717, 1.165) is 26.3 Å². The SMILES string of the molecule is CCC(C)(C)Cc1cn(S(=O)(=O)N(C)C)c(C(Cc2ccc(Br)cc2)N(C)C(=O)OCc2ccccc2)n1. The molecule has 0 aliphatic rings. The van der Waals surface area contributed by atoms with Crippen molar-refractivity contribution in [1.82, 2.24) is 18.2 Å². The summed E-state index contributed by atoms with van der Waals surface area (Å²) in [5, 5.41) is 0. The highest BCUT2D eigenvalue weighted by Gasteiger charge is 2.33. The van der Waals surface area contributed by atoms with Crippen LogP contribution in [0.25, 0.3) is 0 Å². The summed E-state index contributed by atoms with van der Waals surface area (Å²) >= 11 is 3.46. The van der Waals surface area contributed by atoms with Crippen molar-refractivity contribution >= 4 is 32.2 Å². The maximum atomic E-state index is 13.4. The van der Waals surface area contributed by atoms with Crippen molar-refractivity contribution in [3.05, 3.63) is 87.9 Å². The molecule has 0 aliphatic heterocycles. The van der Waals surface area contributed by atoms with Gasteiger partial charge in [0.05, 0.1) is 11.7 Å². The molecule has 1 heterocycles. The number of carbonyl (C=O) groups is 1. The van der Waals surface area contributed by atoms with Crippen molar-refractivity contribution in [1.29, 1.82) is 0 Å². The molecule has 1 unspecified atom stereocenters. The summed E-state index contributed by atoms with van der Waals surface area (Å²) in [5.74, 6) is 0.266. The lowest BCUT2D eigenvalue weighted by atomic mass is 9.85. The van der Waals surface area contributed by atoms with E-state index in [9.17, 15) is 13.2 Å². The van der Waals surface area contributed by atoms with Gasteiger partial charge in [-0.2, -0.15) is 12.7 Å². The van der Waals surface area contributed by atoms with Gasteiger partial charge in [0.2, 0.25) is 0 Å². The molecule has 0 spiro atoms. The van der Waals surface area contributed by atoms with Gasteiger partial charge in [-0.1, -0.05) is 85.6 Å². The van der Waals surface area contributed by atoms with E-state index >= 15 is 0 Å². The van der Waals surface area contributed by atoms with Crippen molar-refractivity contribution in [3.8, 4) is 0 Å². The van der Waals surface area contributed by atoms with Crippen LogP contribution in [0.2, 0.25) is 0 Å². The van der Waals surface area contributed by atoms with E-state index in [1.54, 1.807) is 13.2 Å². The van der Waals surface area contributed by atoms with Crippen LogP contribution in [0.3, 0.4) is 0 Å². The lowest BCUT2D eigenvalue weighted by molar-refractivity contribution is 0.0891. The van der Waals surface area contributed by atoms with Crippen LogP contribution >= 0.6 is 15.9 Å². The second kappa shape index (κ2) is 12.4. The quantitative estimate of drug-likeness (QED) is 0.275. The second-order valence-corrected chi connectivity index (χ2v) is 13.3. The Labute approximate surface area is 234 Å². The van der Waals surface area contributed by atoms with Crippen LogP contribution in [0.1, 0.15) is 55.9 Å². The van der Waals surface area contributed by atoms with Crippen LogP contribution in [0.5, 0.6) is 0 Å². The van der Waals surface area contributed by atoms with Crippen molar-refractivity contribution in [2.75, 3.05) is 21.1 Å². The molecule has 3 aromatic rings. The highest BCUT2D eigenvalue weighted by molar-refractivity contribution is 9.10. The van der Waals surface area contributed by atoms with E-state index in [-0.39, 0.29) is 17.8 Å². The molecular weight excluding hydrogens is 568 g/mol. The van der Waals surface area contributed by atoms with Gasteiger partial charge in [-0.25, -0.2) is 13.8 Å². The number of halogens is 1. The molecule has 0 radical (unpaired) electrons. The van der Waals surface area contributed by atoms with Gasteiger partial charge in [-0.3, -0.25) is 0 Å². The molecule has 3 rings (SSSR count). The van der Waals surface area contributed by atoms with Crippen molar-refractivity contribution in [3.63, 3.8) is 0 Å². The third kappa shape index (κ3) is 7.45. The van der Waals surface area contributed by atoms with Gasteiger partial charge in [-0.05, 0) is 35.1 Å². The van der Waals surface area contributed by atoms with Gasteiger partial charge in [0.25, 0.3) is 0 Å². The molecule has 38 heavy (non-hydrogen) atoms. The van der Waals surface area contributed by atoms with Crippen LogP contribution in [0, 0.1) is 5.41 Å². The van der Waals surface area contributed by atoms with Gasteiger partial charge >= 0.3 is 16.3 Å². The molecule has 0 fully saturated rings. The van der Waals surface area contributed by atoms with Gasteiger partial charge in [0.1, 0.15) is 12.4 Å². The summed E-state index contributed by atoms with van der Waals surface area (Å²) in [6, 6.07) is 16.4. The van der Waals surface area contributed by atoms with Gasteiger partial charge in [0.15, 0.2) is 0 Å². The topological polar surface area (TPSA) is 84.7 Å². The number of imidazole rings is 1. The number of hydrogen-bond acceptors (Lipinski definition) is 5. The largest absolute Gasteiger partial charge is 0.445 e. The first kappa shape index (κ1) is 29.9. The molecule has 1 atom stereocenters. The van der Waals surface area contributed by atoms with E-state index < -0.39 is 22.3 Å². The molecule has 206 valence electrons. The first-order valence-electron chi connectivity index (χ1n) is 12.5. The zero-order valence-electron chi connectivity index (χ0n) is 22.9. The predicted octanol–water partition coefficient (Wildman–Crippen LogP) is 5.83. The average Bonchev–Trinajstić information content (AvgIpc) is 3.30. The average molecular weight is 606 g/mol. The van der Waals surface area contributed by atoms with Gasteiger partial charge in [-0.15, -0.1) is 0 Å². The number of rotatable bonds is 11. The van der Waals surface area contributed by atoms with Crippen LogP contribution in [0.4, 0.5) is 4.79 Å². The van der Waals surface area contributed by atoms with E-state index in [1.165, 1.54) is 23.0 Å². The zero-order chi connectivity index (χ0) is 28.1. The fourth-order valence-corrected chi connectivity index (χ4v) is 5.17. The summed E-state index contributed by atoms with van der Waals surface area (Å²) in [6.07, 6.45) is 2.87. The molecule has 0 aliphatic carbocycles. The first-order valence-corrected chi connectivity index (χ1v) is 14.7. The summed E-state index contributed by atoms with van der Waals surface area (Å²) in [6.45, 7) is 6.45. The summed E-state index contributed by atoms with van der Waals surface area (Å²) in [7, 11) is 0.677. The number of likely N-dealkylation sites (N-methyl/N-ethyl adjacent to an activating group) is 1. The Bertz CT molecular complexity index is 1320. The molecule has 0 saturated heterocycles. The Morgan fingerprint density at radius 3 is 2.26 bits per heavy atom. The molecule has 0 saturated carbocycles. The van der Waals surface area contributed by atoms with E-state index in [4.69, 9.17) is 9.72 Å². The first-order chi connectivity index (χ1) is 17.8. The molecule has 8 nitrogen and oxygen atoms in total. The smallest absolute Gasteiger partial charge is 0.410 e. The van der Waals surface area contributed by atoms with E-state index in [2.05, 4.69) is 36.7 Å². The Balaban J connectivity index is 2.06. The summed E-state index contributed by atoms with van der Waals surface area (Å²) < 4.78 is 35.7. The van der Waals surface area contributed by atoms with Crippen LogP contribution in [-0.2, 0) is 34.4 Å². The summed E-state index contributed by atoms with van der Waals surface area (Å²) in [4.78, 5) is 19.5. The van der Waals surface area contributed by atoms with Crippen LogP contribution in [0.15, 0.2) is 65.3 Å². The number of ether oxygens (including phenoxy) is 1. The number of carbonyl (C=O) groups excluding carboxylic acids is 1. The number of aromatic nitrogens is 2. The zero-order valence-corrected chi connectivity index (χ0v) is 25.3. The molecule has 1 aromatic heterocycles. The number of benzene rings is 2. The normalized spacial score (nSPS) is 12.9. The Hall–Kier alpha value is -2.69. The Morgan fingerprint density at radius 2 is 1.68 bits per heavy atom. The van der Waals surface area contributed by atoms with Crippen LogP contribution in [-0.4, -0.2) is 53.8 Å².